The average molecular weight is 741 g/mol. The van der Waals surface area contributed by atoms with Crippen molar-refractivity contribution in [2.75, 3.05) is 24.5 Å². The molecule has 13 heteroatoms. The van der Waals surface area contributed by atoms with Crippen LogP contribution in [0.3, 0.4) is 0 Å². The van der Waals surface area contributed by atoms with E-state index in [1.54, 1.807) is 49.6 Å². The normalized spacial score (nSPS) is 11.3. The Labute approximate surface area is 317 Å². The number of ketones is 2. The second-order valence-electron chi connectivity index (χ2n) is 12.3. The summed E-state index contributed by atoms with van der Waals surface area (Å²) in [6.45, 7) is 7.49. The topological polar surface area (TPSA) is 156 Å². The first-order chi connectivity index (χ1) is 26.6. The number of methoxy groups -OCH3 is 1. The predicted molar refractivity (Wildman–Crippen MR) is 211 cm³/mol. The molecule has 0 amide bonds. The standard InChI is InChI=1S/C21H19N3O4.C21H21N3O3/c1-3-24-21(26)20(22-15-9-10-16-17(11-15)28-12-27-16)18(13(2)25)19(23-24)14-7-5-4-6-8-14;1-4-24-21(26)20(22-16-10-12-17(27-3)13-11-16)18(14(2)25)19(23-24)15-8-6-5-7-9-15/h4-11,22H,3,12H2,1-2H3;5-13,22H,4H2,1-3H3. The molecule has 0 unspecified atom stereocenters. The van der Waals surface area contributed by atoms with Crippen molar-refractivity contribution < 1.29 is 23.8 Å². The lowest BCUT2D eigenvalue weighted by atomic mass is 10.0. The maximum atomic E-state index is 13.0. The molecule has 0 atom stereocenters. The van der Waals surface area contributed by atoms with E-state index in [9.17, 15) is 19.2 Å². The molecule has 0 bridgehead atoms. The fourth-order valence-electron chi connectivity index (χ4n) is 6.02. The van der Waals surface area contributed by atoms with E-state index in [-0.39, 0.29) is 52.0 Å². The lowest BCUT2D eigenvalue weighted by Gasteiger charge is -2.16. The monoisotopic (exact) mass is 740 g/mol. The van der Waals surface area contributed by atoms with E-state index < -0.39 is 0 Å². The van der Waals surface area contributed by atoms with Gasteiger partial charge in [0.15, 0.2) is 23.1 Å². The van der Waals surface area contributed by atoms with Crippen LogP contribution in [-0.2, 0) is 13.1 Å². The van der Waals surface area contributed by atoms with E-state index in [0.29, 0.717) is 53.1 Å². The zero-order chi connectivity index (χ0) is 39.1. The molecule has 3 heterocycles. The molecule has 0 fully saturated rings. The minimum absolute atomic E-state index is 0.160. The molecule has 13 nitrogen and oxygen atoms in total. The molecule has 0 aliphatic carbocycles. The molecule has 2 aromatic heterocycles. The van der Waals surface area contributed by atoms with Gasteiger partial charge in [-0.2, -0.15) is 10.2 Å². The summed E-state index contributed by atoms with van der Waals surface area (Å²) in [7, 11) is 1.59. The third-order valence-corrected chi connectivity index (χ3v) is 8.71. The van der Waals surface area contributed by atoms with E-state index in [1.807, 2.05) is 74.5 Å². The Bertz CT molecular complexity index is 2460. The Balaban J connectivity index is 0.000000187. The van der Waals surface area contributed by atoms with Crippen molar-refractivity contribution >= 4 is 34.3 Å². The van der Waals surface area contributed by atoms with E-state index in [0.717, 1.165) is 11.1 Å². The van der Waals surface area contributed by atoms with Crippen LogP contribution >= 0.6 is 0 Å². The molecular weight excluding hydrogens is 700 g/mol. The van der Waals surface area contributed by atoms with Crippen LogP contribution < -0.4 is 36.0 Å². The Kier molecular flexibility index (Phi) is 11.5. The van der Waals surface area contributed by atoms with Gasteiger partial charge in [-0.15, -0.1) is 0 Å². The van der Waals surface area contributed by atoms with Crippen LogP contribution in [0, 0.1) is 0 Å². The zero-order valence-corrected chi connectivity index (χ0v) is 31.1. The number of fused-ring (bicyclic) bond motifs is 1. The van der Waals surface area contributed by atoms with Gasteiger partial charge in [-0.1, -0.05) is 60.7 Å². The molecule has 280 valence electrons. The Hall–Kier alpha value is -7.02. The third kappa shape index (κ3) is 8.15. The molecule has 55 heavy (non-hydrogen) atoms. The van der Waals surface area contributed by atoms with Gasteiger partial charge in [-0.3, -0.25) is 19.2 Å². The number of aromatic nitrogens is 4. The second kappa shape index (κ2) is 16.8. The highest BCUT2D eigenvalue weighted by Crippen LogP contribution is 2.36. The highest BCUT2D eigenvalue weighted by Gasteiger charge is 2.24. The van der Waals surface area contributed by atoms with Gasteiger partial charge in [0, 0.05) is 41.7 Å². The zero-order valence-electron chi connectivity index (χ0n) is 31.1. The van der Waals surface area contributed by atoms with Gasteiger partial charge in [0.25, 0.3) is 11.1 Å². The molecule has 2 N–H and O–H groups in total. The number of hydrogen-bond acceptors (Lipinski definition) is 11. The first-order valence-corrected chi connectivity index (χ1v) is 17.6. The first kappa shape index (κ1) is 37.7. The molecule has 4 aromatic carbocycles. The van der Waals surface area contributed by atoms with Crippen LogP contribution in [0.5, 0.6) is 17.2 Å². The molecule has 0 saturated heterocycles. The number of nitrogens with one attached hydrogen (secondary N) is 2. The maximum Gasteiger partial charge on any atom is 0.291 e. The highest BCUT2D eigenvalue weighted by atomic mass is 16.7. The first-order valence-electron chi connectivity index (χ1n) is 17.6. The van der Waals surface area contributed by atoms with Gasteiger partial charge in [0.2, 0.25) is 6.79 Å². The molecule has 0 radical (unpaired) electrons. The molecule has 1 aliphatic heterocycles. The second-order valence-corrected chi connectivity index (χ2v) is 12.3. The van der Waals surface area contributed by atoms with E-state index in [1.165, 1.54) is 23.2 Å². The molecule has 6 aromatic rings. The third-order valence-electron chi connectivity index (χ3n) is 8.71. The average Bonchev–Trinajstić information content (AvgIpc) is 3.68. The lowest BCUT2D eigenvalue weighted by molar-refractivity contribution is 0.101. The van der Waals surface area contributed by atoms with Crippen LogP contribution in [-0.4, -0.2) is 45.0 Å². The van der Waals surface area contributed by atoms with Crippen molar-refractivity contribution in [2.45, 2.75) is 40.8 Å². The van der Waals surface area contributed by atoms with Crippen LogP contribution in [0.1, 0.15) is 48.4 Å². The Morgan fingerprint density at radius 1 is 0.655 bits per heavy atom. The van der Waals surface area contributed by atoms with E-state index >= 15 is 0 Å². The van der Waals surface area contributed by atoms with Gasteiger partial charge < -0.3 is 24.8 Å². The SMILES string of the molecule is CCn1nc(-c2ccccc2)c(C(C)=O)c(Nc2ccc(OC)cc2)c1=O.CCn1nc(-c2ccccc2)c(C(C)=O)c(Nc2ccc3c(c2)OCO3)c1=O. The number of hydrogen-bond donors (Lipinski definition) is 2. The summed E-state index contributed by atoms with van der Waals surface area (Å²) in [5.74, 6) is 1.47. The lowest BCUT2D eigenvalue weighted by Crippen LogP contribution is -2.28. The molecule has 1 aliphatic rings. The summed E-state index contributed by atoms with van der Waals surface area (Å²) >= 11 is 0. The summed E-state index contributed by atoms with van der Waals surface area (Å²) in [6.07, 6.45) is 0. The van der Waals surface area contributed by atoms with Crippen LogP contribution in [0.2, 0.25) is 0 Å². The van der Waals surface area contributed by atoms with Gasteiger partial charge in [-0.25, -0.2) is 9.36 Å². The number of benzene rings is 4. The Morgan fingerprint density at radius 2 is 1.11 bits per heavy atom. The number of carbonyl (C=O) groups excluding carboxylic acids is 2. The summed E-state index contributed by atoms with van der Waals surface area (Å²) in [5.41, 5.74) is 4.09. The number of nitrogens with zero attached hydrogens (tertiary/aromatic N) is 4. The van der Waals surface area contributed by atoms with Gasteiger partial charge >= 0.3 is 0 Å². The number of Topliss-reactive ketones (excluding diaryl/α,β-unsaturated/α-hetero) is 2. The van der Waals surface area contributed by atoms with Crippen LogP contribution in [0.25, 0.3) is 22.5 Å². The van der Waals surface area contributed by atoms with Gasteiger partial charge in [0.1, 0.15) is 28.5 Å². The molecule has 0 saturated carbocycles. The fraction of sp³-hybridized carbons (Fsp3) is 0.190. The van der Waals surface area contributed by atoms with Crippen molar-refractivity contribution in [1.82, 2.24) is 19.6 Å². The minimum Gasteiger partial charge on any atom is -0.497 e. The maximum absolute atomic E-state index is 13.0. The largest absolute Gasteiger partial charge is 0.497 e. The van der Waals surface area contributed by atoms with Crippen molar-refractivity contribution in [3.8, 4) is 39.8 Å². The molecular formula is C42H40N6O7. The van der Waals surface area contributed by atoms with E-state index in [2.05, 4.69) is 20.8 Å². The summed E-state index contributed by atoms with van der Waals surface area (Å²) < 4.78 is 18.6. The van der Waals surface area contributed by atoms with Crippen molar-refractivity contribution in [3.05, 3.63) is 135 Å². The summed E-state index contributed by atoms with van der Waals surface area (Å²) in [6, 6.07) is 31.2. The van der Waals surface area contributed by atoms with Crippen LogP contribution in [0.15, 0.2) is 113 Å². The highest BCUT2D eigenvalue weighted by molar-refractivity contribution is 6.06. The van der Waals surface area contributed by atoms with E-state index in [4.69, 9.17) is 14.2 Å². The van der Waals surface area contributed by atoms with Crippen molar-refractivity contribution in [3.63, 3.8) is 0 Å². The molecule has 0 spiro atoms. The van der Waals surface area contributed by atoms with Crippen molar-refractivity contribution in [1.29, 1.82) is 0 Å². The van der Waals surface area contributed by atoms with Crippen molar-refractivity contribution in [2.24, 2.45) is 0 Å². The Morgan fingerprint density at radius 3 is 1.56 bits per heavy atom. The van der Waals surface area contributed by atoms with Gasteiger partial charge in [0.05, 0.1) is 18.2 Å². The summed E-state index contributed by atoms with van der Waals surface area (Å²) in [4.78, 5) is 50.8. The van der Waals surface area contributed by atoms with Gasteiger partial charge in [-0.05, 0) is 64.1 Å². The number of carbonyl (C=O) groups is 2. The smallest absolute Gasteiger partial charge is 0.291 e. The number of ether oxygens (including phenoxy) is 3. The summed E-state index contributed by atoms with van der Waals surface area (Å²) in [5, 5.41) is 15.1. The number of rotatable bonds is 11. The quantitative estimate of drug-likeness (QED) is 0.127. The molecule has 7 rings (SSSR count). The van der Waals surface area contributed by atoms with Crippen LogP contribution in [0.4, 0.5) is 22.7 Å². The minimum atomic E-state index is -0.356. The number of anilines is 4. The fourth-order valence-corrected chi connectivity index (χ4v) is 6.02. The number of aryl methyl sites for hydroxylation is 2. The predicted octanol–water partition coefficient (Wildman–Crippen LogP) is 7.49.